The van der Waals surface area contributed by atoms with E-state index in [-0.39, 0.29) is 11.9 Å². The van der Waals surface area contributed by atoms with E-state index in [1.807, 2.05) is 13.8 Å². The summed E-state index contributed by atoms with van der Waals surface area (Å²) < 4.78 is 7.86. The fraction of sp³-hybridized carbons (Fsp3) is 0.526. The quantitative estimate of drug-likeness (QED) is 0.645. The van der Waals surface area contributed by atoms with Crippen LogP contribution in [0.5, 0.6) is 0 Å². The van der Waals surface area contributed by atoms with Gasteiger partial charge in [0.1, 0.15) is 11.0 Å². The lowest BCUT2D eigenvalue weighted by Crippen LogP contribution is -2.24. The smallest absolute Gasteiger partial charge is 0.341 e. The first-order valence-electron chi connectivity index (χ1n) is 9.26. The topological polar surface area (TPSA) is 73.2 Å². The van der Waals surface area contributed by atoms with Crippen molar-refractivity contribution < 1.29 is 14.3 Å². The number of carbonyl (C=O) groups is 2. The van der Waals surface area contributed by atoms with Gasteiger partial charge in [-0.15, -0.1) is 11.3 Å². The Morgan fingerprint density at radius 1 is 1.41 bits per heavy atom. The van der Waals surface area contributed by atoms with Crippen molar-refractivity contribution in [2.75, 3.05) is 11.9 Å². The summed E-state index contributed by atoms with van der Waals surface area (Å²) in [5.74, 6) is -0.537. The van der Waals surface area contributed by atoms with Gasteiger partial charge in [0, 0.05) is 11.1 Å². The molecule has 6 nitrogen and oxygen atoms in total. The van der Waals surface area contributed by atoms with Crippen LogP contribution in [0.25, 0.3) is 0 Å². The van der Waals surface area contributed by atoms with Gasteiger partial charge in [0.2, 0.25) is 5.91 Å². The first-order chi connectivity index (χ1) is 12.9. The first-order valence-corrected chi connectivity index (χ1v) is 10.9. The maximum atomic E-state index is 12.8. The van der Waals surface area contributed by atoms with Gasteiger partial charge in [-0.1, -0.05) is 6.92 Å². The van der Waals surface area contributed by atoms with Gasteiger partial charge in [-0.05, 0) is 67.4 Å². The summed E-state index contributed by atoms with van der Waals surface area (Å²) in [4.78, 5) is 26.6. The largest absolute Gasteiger partial charge is 0.462 e. The zero-order valence-electron chi connectivity index (χ0n) is 15.8. The zero-order chi connectivity index (χ0) is 19.6. The van der Waals surface area contributed by atoms with E-state index in [1.54, 1.807) is 17.8 Å². The number of anilines is 1. The van der Waals surface area contributed by atoms with Gasteiger partial charge >= 0.3 is 5.97 Å². The van der Waals surface area contributed by atoms with Gasteiger partial charge in [-0.3, -0.25) is 9.48 Å². The van der Waals surface area contributed by atoms with E-state index in [0.717, 1.165) is 47.8 Å². The molecule has 1 N–H and O–H groups in total. The van der Waals surface area contributed by atoms with Crippen LogP contribution >= 0.6 is 27.3 Å². The Morgan fingerprint density at radius 2 is 2.15 bits per heavy atom. The number of hydrogen-bond acceptors (Lipinski definition) is 5. The summed E-state index contributed by atoms with van der Waals surface area (Å²) in [6, 6.07) is -0.492. The van der Waals surface area contributed by atoms with Crippen LogP contribution in [0.4, 0.5) is 5.00 Å². The standard InChI is InChI=1S/C19H24BrN3O3S/c1-4-9-26-19(25)16-13-7-5-6-8-15(13)27-18(16)21-17(24)12(3)23-10-14(20)11(2)22-23/h10,12H,4-9H2,1-3H3,(H,21,24). The second kappa shape index (κ2) is 8.56. The molecule has 0 spiro atoms. The number of fused-ring (bicyclic) bond motifs is 1. The molecule has 1 aliphatic carbocycles. The Bertz CT molecular complexity index is 839. The lowest BCUT2D eigenvalue weighted by molar-refractivity contribution is -0.119. The number of carbonyl (C=O) groups excluding carboxylic acids is 2. The number of ether oxygens (including phenoxy) is 1. The van der Waals surface area contributed by atoms with E-state index in [4.69, 9.17) is 4.74 Å². The summed E-state index contributed by atoms with van der Waals surface area (Å²) in [7, 11) is 0. The van der Waals surface area contributed by atoms with Crippen LogP contribution in [0.2, 0.25) is 0 Å². The summed E-state index contributed by atoms with van der Waals surface area (Å²) in [5.41, 5.74) is 2.42. The minimum absolute atomic E-state index is 0.201. The number of halogens is 1. The molecule has 2 aromatic heterocycles. The maximum Gasteiger partial charge on any atom is 0.341 e. The molecule has 8 heteroatoms. The van der Waals surface area contributed by atoms with Gasteiger partial charge in [0.05, 0.1) is 22.3 Å². The van der Waals surface area contributed by atoms with E-state index in [1.165, 1.54) is 16.2 Å². The first kappa shape index (κ1) is 20.1. The predicted molar refractivity (Wildman–Crippen MR) is 110 cm³/mol. The molecule has 0 saturated carbocycles. The number of nitrogens with one attached hydrogen (secondary N) is 1. The third-order valence-corrected chi connectivity index (χ3v) is 6.67. The number of aryl methyl sites for hydroxylation is 2. The van der Waals surface area contributed by atoms with Crippen LogP contribution in [0.1, 0.15) is 65.6 Å². The lowest BCUT2D eigenvalue weighted by Gasteiger charge is -2.14. The SMILES string of the molecule is CCCOC(=O)c1c(NC(=O)C(C)n2cc(Br)c(C)n2)sc2c1CCCC2. The predicted octanol–water partition coefficient (Wildman–Crippen LogP) is 4.66. The minimum Gasteiger partial charge on any atom is -0.462 e. The number of aromatic nitrogens is 2. The van der Waals surface area contributed by atoms with Crippen molar-refractivity contribution in [2.45, 2.75) is 58.9 Å². The molecular formula is C19H24BrN3O3S. The van der Waals surface area contributed by atoms with E-state index >= 15 is 0 Å². The van der Waals surface area contributed by atoms with Crippen molar-refractivity contribution in [3.8, 4) is 0 Å². The zero-order valence-corrected chi connectivity index (χ0v) is 18.2. The molecule has 3 rings (SSSR count). The number of esters is 1. The Balaban J connectivity index is 1.85. The average molecular weight is 454 g/mol. The Labute approximate surface area is 171 Å². The Kier molecular flexibility index (Phi) is 6.37. The van der Waals surface area contributed by atoms with Gasteiger partial charge in [-0.2, -0.15) is 5.10 Å². The van der Waals surface area contributed by atoms with Gasteiger partial charge < -0.3 is 10.1 Å². The molecule has 1 atom stereocenters. The molecule has 0 fully saturated rings. The number of amides is 1. The molecule has 1 unspecified atom stereocenters. The average Bonchev–Trinajstić information content (AvgIpc) is 3.18. The third-order valence-electron chi connectivity index (χ3n) is 4.68. The van der Waals surface area contributed by atoms with E-state index in [2.05, 4.69) is 26.3 Å². The molecule has 27 heavy (non-hydrogen) atoms. The molecule has 0 bridgehead atoms. The highest BCUT2D eigenvalue weighted by atomic mass is 79.9. The van der Waals surface area contributed by atoms with Crippen LogP contribution in [-0.2, 0) is 22.4 Å². The van der Waals surface area contributed by atoms with Crippen molar-refractivity contribution in [1.29, 1.82) is 0 Å². The second-order valence-corrected chi connectivity index (χ2v) is 8.72. The molecular weight excluding hydrogens is 430 g/mol. The highest BCUT2D eigenvalue weighted by Crippen LogP contribution is 2.39. The highest BCUT2D eigenvalue weighted by Gasteiger charge is 2.28. The van der Waals surface area contributed by atoms with Crippen molar-refractivity contribution in [2.24, 2.45) is 0 Å². The third kappa shape index (κ3) is 4.27. The second-order valence-electron chi connectivity index (χ2n) is 6.76. The number of nitrogens with zero attached hydrogens (tertiary/aromatic N) is 2. The normalized spacial score (nSPS) is 14.5. The van der Waals surface area contributed by atoms with Crippen LogP contribution in [0, 0.1) is 6.92 Å². The molecule has 2 heterocycles. The van der Waals surface area contributed by atoms with E-state index < -0.39 is 6.04 Å². The van der Waals surface area contributed by atoms with Crippen molar-refractivity contribution in [1.82, 2.24) is 9.78 Å². The fourth-order valence-electron chi connectivity index (χ4n) is 3.13. The maximum absolute atomic E-state index is 12.8. The lowest BCUT2D eigenvalue weighted by atomic mass is 9.95. The van der Waals surface area contributed by atoms with Crippen LogP contribution in [0.3, 0.4) is 0 Å². The van der Waals surface area contributed by atoms with Crippen molar-refractivity contribution in [3.05, 3.63) is 32.4 Å². The number of thiophene rings is 1. The number of hydrogen-bond donors (Lipinski definition) is 1. The highest BCUT2D eigenvalue weighted by molar-refractivity contribution is 9.10. The monoisotopic (exact) mass is 453 g/mol. The van der Waals surface area contributed by atoms with Gasteiger partial charge in [0.15, 0.2) is 0 Å². The summed E-state index contributed by atoms with van der Waals surface area (Å²) in [6.07, 6.45) is 6.53. The van der Waals surface area contributed by atoms with Crippen LogP contribution in [0.15, 0.2) is 10.7 Å². The van der Waals surface area contributed by atoms with Crippen molar-refractivity contribution in [3.63, 3.8) is 0 Å². The van der Waals surface area contributed by atoms with Gasteiger partial charge in [0.25, 0.3) is 0 Å². The molecule has 146 valence electrons. The van der Waals surface area contributed by atoms with Crippen molar-refractivity contribution >= 4 is 44.1 Å². The van der Waals surface area contributed by atoms with Crippen LogP contribution < -0.4 is 5.32 Å². The molecule has 0 saturated heterocycles. The molecule has 2 aromatic rings. The molecule has 0 aromatic carbocycles. The molecule has 0 radical (unpaired) electrons. The summed E-state index contributed by atoms with van der Waals surface area (Å²) in [6.45, 7) is 6.01. The fourth-order valence-corrected chi connectivity index (χ4v) is 4.70. The molecule has 1 amide bonds. The van der Waals surface area contributed by atoms with Crippen LogP contribution in [-0.4, -0.2) is 28.3 Å². The molecule has 1 aliphatic rings. The Hall–Kier alpha value is -1.67. The summed E-state index contributed by atoms with van der Waals surface area (Å²) in [5, 5.41) is 7.91. The Morgan fingerprint density at radius 3 is 2.81 bits per heavy atom. The minimum atomic E-state index is -0.492. The number of rotatable bonds is 6. The van der Waals surface area contributed by atoms with Gasteiger partial charge in [-0.25, -0.2) is 4.79 Å². The van der Waals surface area contributed by atoms with E-state index in [9.17, 15) is 9.59 Å². The molecule has 0 aliphatic heterocycles. The van der Waals surface area contributed by atoms with E-state index in [0.29, 0.717) is 17.2 Å². The summed E-state index contributed by atoms with van der Waals surface area (Å²) >= 11 is 4.92.